The second-order valence-corrected chi connectivity index (χ2v) is 7.39. The van der Waals surface area contributed by atoms with Crippen LogP contribution in [-0.2, 0) is 9.47 Å². The molecule has 0 aliphatic heterocycles. The number of rotatable bonds is 3. The van der Waals surface area contributed by atoms with Crippen molar-refractivity contribution in [3.8, 4) is 0 Å². The molecular formula is C15H27NO4. The van der Waals surface area contributed by atoms with Gasteiger partial charge in [-0.1, -0.05) is 32.9 Å². The third kappa shape index (κ3) is 5.51. The van der Waals surface area contributed by atoms with E-state index in [0.29, 0.717) is 18.1 Å². The van der Waals surface area contributed by atoms with Gasteiger partial charge in [-0.2, -0.15) is 5.06 Å². The zero-order valence-corrected chi connectivity index (χ0v) is 13.3. The minimum absolute atomic E-state index is 0.0349. The highest BCUT2D eigenvalue weighted by atomic mass is 16.6. The number of hydrogen-bond donors (Lipinski definition) is 1. The highest BCUT2D eigenvalue weighted by molar-refractivity contribution is 5.67. The van der Waals surface area contributed by atoms with Crippen LogP contribution in [0.1, 0.15) is 48.0 Å². The SMILES string of the molecule is CC(C)(C)CO[C@H]1C=CC[C@@H]1N(O)C(=O)OC(C)(C)C. The number of carbonyl (C=O) groups is 1. The highest BCUT2D eigenvalue weighted by Gasteiger charge is 2.35. The molecule has 0 bridgehead atoms. The first-order valence-corrected chi connectivity index (χ1v) is 6.99. The zero-order chi connectivity index (χ0) is 15.6. The van der Waals surface area contributed by atoms with Crippen molar-refractivity contribution in [2.75, 3.05) is 6.61 Å². The molecule has 0 saturated carbocycles. The van der Waals surface area contributed by atoms with Crippen molar-refractivity contribution in [1.29, 1.82) is 0 Å². The number of hydrogen-bond acceptors (Lipinski definition) is 4. The minimum atomic E-state index is -0.740. The Bertz CT molecular complexity index is 365. The van der Waals surface area contributed by atoms with E-state index in [0.717, 1.165) is 0 Å². The Hall–Kier alpha value is -1.07. The van der Waals surface area contributed by atoms with Gasteiger partial charge >= 0.3 is 6.09 Å². The molecule has 1 rings (SSSR count). The highest BCUT2D eigenvalue weighted by Crippen LogP contribution is 2.24. The van der Waals surface area contributed by atoms with Crippen molar-refractivity contribution in [2.24, 2.45) is 5.41 Å². The van der Waals surface area contributed by atoms with Gasteiger partial charge in [-0.25, -0.2) is 4.79 Å². The fourth-order valence-electron chi connectivity index (χ4n) is 1.81. The Kier molecular flexibility index (Phi) is 5.21. The van der Waals surface area contributed by atoms with Crippen molar-refractivity contribution in [3.63, 3.8) is 0 Å². The summed E-state index contributed by atoms with van der Waals surface area (Å²) in [5.41, 5.74) is -0.598. The second-order valence-electron chi connectivity index (χ2n) is 7.39. The van der Waals surface area contributed by atoms with Gasteiger partial charge in [0, 0.05) is 0 Å². The molecule has 1 N–H and O–H groups in total. The zero-order valence-electron chi connectivity index (χ0n) is 13.3. The first kappa shape index (κ1) is 17.0. The van der Waals surface area contributed by atoms with Gasteiger partial charge in [0.15, 0.2) is 0 Å². The molecule has 0 aromatic rings. The topological polar surface area (TPSA) is 59.0 Å². The van der Waals surface area contributed by atoms with Gasteiger partial charge in [-0.05, 0) is 32.6 Å². The molecule has 20 heavy (non-hydrogen) atoms. The molecule has 5 heteroatoms. The fraction of sp³-hybridized carbons (Fsp3) is 0.800. The summed E-state index contributed by atoms with van der Waals surface area (Å²) in [6, 6.07) is -0.424. The molecule has 5 nitrogen and oxygen atoms in total. The lowest BCUT2D eigenvalue weighted by atomic mass is 9.98. The molecule has 1 amide bonds. The van der Waals surface area contributed by atoms with Crippen LogP contribution in [0.3, 0.4) is 0 Å². The summed E-state index contributed by atoms with van der Waals surface area (Å²) >= 11 is 0. The van der Waals surface area contributed by atoms with E-state index in [9.17, 15) is 10.0 Å². The monoisotopic (exact) mass is 285 g/mol. The average Bonchev–Trinajstić information content (AvgIpc) is 2.69. The summed E-state index contributed by atoms with van der Waals surface area (Å²) < 4.78 is 10.9. The molecule has 0 heterocycles. The number of nitrogens with zero attached hydrogens (tertiary/aromatic N) is 1. The summed E-state index contributed by atoms with van der Waals surface area (Å²) in [5, 5.41) is 10.7. The van der Waals surface area contributed by atoms with E-state index in [1.807, 2.05) is 12.2 Å². The van der Waals surface area contributed by atoms with Gasteiger partial charge in [0.25, 0.3) is 0 Å². The molecule has 1 aliphatic carbocycles. The molecule has 0 saturated heterocycles. The van der Waals surface area contributed by atoms with Gasteiger partial charge in [0.1, 0.15) is 5.60 Å². The van der Waals surface area contributed by atoms with Crippen LogP contribution in [0.2, 0.25) is 0 Å². The molecule has 0 aromatic carbocycles. The smallest absolute Gasteiger partial charge is 0.434 e. The van der Waals surface area contributed by atoms with E-state index >= 15 is 0 Å². The maximum atomic E-state index is 11.9. The van der Waals surface area contributed by atoms with Crippen molar-refractivity contribution in [2.45, 2.75) is 65.7 Å². The largest absolute Gasteiger partial charge is 0.442 e. The summed E-state index contributed by atoms with van der Waals surface area (Å²) in [6.07, 6.45) is 3.31. The Morgan fingerprint density at radius 1 is 1.30 bits per heavy atom. The van der Waals surface area contributed by atoms with Crippen LogP contribution in [0.5, 0.6) is 0 Å². The molecular weight excluding hydrogens is 258 g/mol. The van der Waals surface area contributed by atoms with Gasteiger partial charge in [0.2, 0.25) is 0 Å². The van der Waals surface area contributed by atoms with Crippen LogP contribution in [-0.4, -0.2) is 40.7 Å². The second kappa shape index (κ2) is 6.14. The van der Waals surface area contributed by atoms with Crippen molar-refractivity contribution in [3.05, 3.63) is 12.2 Å². The molecule has 1 aliphatic rings. The molecule has 0 fully saturated rings. The van der Waals surface area contributed by atoms with E-state index < -0.39 is 17.7 Å². The minimum Gasteiger partial charge on any atom is -0.442 e. The summed E-state index contributed by atoms with van der Waals surface area (Å²) in [4.78, 5) is 11.9. The Morgan fingerprint density at radius 3 is 2.40 bits per heavy atom. The number of amides is 1. The van der Waals surface area contributed by atoms with E-state index in [4.69, 9.17) is 9.47 Å². The van der Waals surface area contributed by atoms with E-state index in [-0.39, 0.29) is 11.5 Å². The lowest BCUT2D eigenvalue weighted by molar-refractivity contribution is -0.144. The predicted molar refractivity (Wildman–Crippen MR) is 76.6 cm³/mol. The molecule has 0 unspecified atom stereocenters. The normalized spacial score (nSPS) is 22.9. The molecule has 0 radical (unpaired) electrons. The molecule has 2 atom stereocenters. The van der Waals surface area contributed by atoms with Crippen LogP contribution in [0.4, 0.5) is 4.79 Å². The molecule has 0 spiro atoms. The Morgan fingerprint density at radius 2 is 1.90 bits per heavy atom. The third-order valence-corrected chi connectivity index (χ3v) is 2.69. The Labute approximate surface area is 121 Å². The van der Waals surface area contributed by atoms with Crippen molar-refractivity contribution in [1.82, 2.24) is 5.06 Å². The van der Waals surface area contributed by atoms with Crippen LogP contribution >= 0.6 is 0 Å². The van der Waals surface area contributed by atoms with E-state index in [1.54, 1.807) is 20.8 Å². The number of carbonyl (C=O) groups excluding carboxylic acids is 1. The lowest BCUT2D eigenvalue weighted by Gasteiger charge is -2.31. The van der Waals surface area contributed by atoms with Crippen LogP contribution in [0, 0.1) is 5.41 Å². The quantitative estimate of drug-likeness (QED) is 0.490. The van der Waals surface area contributed by atoms with Gasteiger partial charge < -0.3 is 9.47 Å². The number of hydroxylamine groups is 2. The standard InChI is InChI=1S/C15H27NO4/c1-14(2,3)10-19-12-9-7-8-11(12)16(18)13(17)20-15(4,5)6/h7,9,11-12,18H,8,10H2,1-6H3/t11-,12-/m0/s1. The summed E-state index contributed by atoms with van der Waals surface area (Å²) in [6.45, 7) is 12.1. The van der Waals surface area contributed by atoms with E-state index in [1.165, 1.54) is 0 Å². The van der Waals surface area contributed by atoms with Crippen LogP contribution in [0.15, 0.2) is 12.2 Å². The lowest BCUT2D eigenvalue weighted by Crippen LogP contribution is -2.46. The average molecular weight is 285 g/mol. The van der Waals surface area contributed by atoms with Crippen LogP contribution < -0.4 is 0 Å². The Balaban J connectivity index is 2.59. The third-order valence-electron chi connectivity index (χ3n) is 2.69. The summed E-state index contributed by atoms with van der Waals surface area (Å²) in [5.74, 6) is 0. The van der Waals surface area contributed by atoms with Gasteiger partial charge in [-0.15, -0.1) is 0 Å². The number of ether oxygens (including phenoxy) is 2. The maximum Gasteiger partial charge on any atom is 0.434 e. The first-order valence-electron chi connectivity index (χ1n) is 6.99. The van der Waals surface area contributed by atoms with Crippen LogP contribution in [0.25, 0.3) is 0 Å². The van der Waals surface area contributed by atoms with Crippen molar-refractivity contribution >= 4 is 6.09 Å². The van der Waals surface area contributed by atoms with Gasteiger partial charge in [0.05, 0.1) is 18.8 Å². The van der Waals surface area contributed by atoms with E-state index in [2.05, 4.69) is 20.8 Å². The van der Waals surface area contributed by atoms with Crippen molar-refractivity contribution < 1.29 is 19.5 Å². The predicted octanol–water partition coefficient (Wildman–Crippen LogP) is 3.37. The maximum absolute atomic E-state index is 11.9. The molecule has 0 aromatic heterocycles. The molecule has 116 valence electrons. The summed E-state index contributed by atoms with van der Waals surface area (Å²) in [7, 11) is 0. The fourth-order valence-corrected chi connectivity index (χ4v) is 1.81. The first-order chi connectivity index (χ1) is 8.99. The van der Waals surface area contributed by atoms with Gasteiger partial charge in [-0.3, -0.25) is 5.21 Å².